The van der Waals surface area contributed by atoms with Gasteiger partial charge in [-0.2, -0.15) is 0 Å². The Bertz CT molecular complexity index is 647. The van der Waals surface area contributed by atoms with Crippen LogP contribution in [0.4, 0.5) is 0 Å². The van der Waals surface area contributed by atoms with Gasteiger partial charge in [0.2, 0.25) is 10.0 Å². The molecule has 2 heterocycles. The molecule has 1 aromatic heterocycles. The molecule has 2 N–H and O–H groups in total. The summed E-state index contributed by atoms with van der Waals surface area (Å²) in [4.78, 5) is 9.59. The second kappa shape index (κ2) is 8.14. The second-order valence-electron chi connectivity index (χ2n) is 6.64. The monoisotopic (exact) mass is 378 g/mol. The van der Waals surface area contributed by atoms with Gasteiger partial charge in [0.15, 0.2) is 5.15 Å². The molecule has 1 aromatic rings. The molecule has 0 saturated carbocycles. The molecule has 1 aliphatic rings. The summed E-state index contributed by atoms with van der Waals surface area (Å²) in [5, 5.41) is 10.6. The third kappa shape index (κ3) is 4.92. The van der Waals surface area contributed by atoms with E-state index in [9.17, 15) is 13.5 Å². The first-order valence-corrected chi connectivity index (χ1v) is 10.3. The lowest BCUT2D eigenvalue weighted by atomic mass is 10.1. The number of rotatable bonds is 8. The molecule has 24 heavy (non-hydrogen) atoms. The Morgan fingerprint density at radius 2 is 2.12 bits per heavy atom. The van der Waals surface area contributed by atoms with E-state index in [0.29, 0.717) is 24.8 Å². The van der Waals surface area contributed by atoms with Crippen LogP contribution in [0, 0.1) is 5.92 Å². The average molecular weight is 379 g/mol. The molecule has 0 radical (unpaired) electrons. The molecule has 2 rings (SSSR count). The molecule has 0 aromatic carbocycles. The number of aromatic nitrogens is 2. The number of aliphatic hydroxyl groups is 1. The van der Waals surface area contributed by atoms with E-state index in [-0.39, 0.29) is 11.7 Å². The molecule has 2 atom stereocenters. The van der Waals surface area contributed by atoms with Crippen LogP contribution in [0.15, 0.2) is 0 Å². The van der Waals surface area contributed by atoms with Crippen molar-refractivity contribution in [1.82, 2.24) is 19.2 Å². The van der Waals surface area contributed by atoms with E-state index < -0.39 is 16.1 Å². The molecule has 0 aliphatic carbocycles. The molecule has 138 valence electrons. The number of halogens is 1. The van der Waals surface area contributed by atoms with Gasteiger partial charge in [0, 0.05) is 46.1 Å². The standard InChI is InChI=1S/C15H27ClN4O3S/c1-4-5-6-14-17-12(15(16)18-14)8-20-7-11(13(21)9-20)10-24(22,23)19(2)3/h11,13,21H,4-10H2,1-3H3,(H,17,18)/t11-,13+/m0/s1. The molecule has 7 nitrogen and oxygen atoms in total. The minimum atomic E-state index is -3.32. The number of nitrogens with zero attached hydrogens (tertiary/aromatic N) is 3. The number of unbranched alkanes of at least 4 members (excludes halogenated alkanes) is 1. The number of aromatic amines is 1. The molecular weight excluding hydrogens is 352 g/mol. The van der Waals surface area contributed by atoms with Gasteiger partial charge in [-0.15, -0.1) is 0 Å². The average Bonchev–Trinajstić information content (AvgIpc) is 3.00. The summed E-state index contributed by atoms with van der Waals surface area (Å²) in [5.41, 5.74) is 0.825. The van der Waals surface area contributed by atoms with Gasteiger partial charge in [-0.1, -0.05) is 24.9 Å². The van der Waals surface area contributed by atoms with Gasteiger partial charge < -0.3 is 10.1 Å². The number of imidazole rings is 1. The predicted molar refractivity (Wildman–Crippen MR) is 94.5 cm³/mol. The van der Waals surface area contributed by atoms with Crippen LogP contribution >= 0.6 is 11.6 Å². The Labute approximate surface area is 149 Å². The van der Waals surface area contributed by atoms with E-state index in [0.717, 1.165) is 30.8 Å². The fraction of sp³-hybridized carbons (Fsp3) is 0.800. The summed E-state index contributed by atoms with van der Waals surface area (Å²) in [6, 6.07) is 0. The second-order valence-corrected chi connectivity index (χ2v) is 9.22. The van der Waals surface area contributed by atoms with Crippen molar-refractivity contribution in [2.45, 2.75) is 38.8 Å². The number of aryl methyl sites for hydroxylation is 1. The minimum Gasteiger partial charge on any atom is -0.391 e. The van der Waals surface area contributed by atoms with E-state index in [1.54, 1.807) is 0 Å². The van der Waals surface area contributed by atoms with Gasteiger partial charge in [-0.05, 0) is 6.42 Å². The van der Waals surface area contributed by atoms with Crippen LogP contribution in [-0.4, -0.2) is 71.7 Å². The zero-order valence-corrected chi connectivity index (χ0v) is 16.1. The normalized spacial score (nSPS) is 22.6. The number of hydrogen-bond acceptors (Lipinski definition) is 5. The van der Waals surface area contributed by atoms with Crippen molar-refractivity contribution in [2.24, 2.45) is 5.92 Å². The van der Waals surface area contributed by atoms with Crippen LogP contribution in [0.25, 0.3) is 0 Å². The van der Waals surface area contributed by atoms with E-state index in [1.807, 2.05) is 4.90 Å². The van der Waals surface area contributed by atoms with Crippen LogP contribution < -0.4 is 0 Å². The SMILES string of the molecule is CCCCc1nc(Cl)c(CN2C[C@@H](CS(=O)(=O)N(C)C)[C@H](O)C2)[nH]1. The highest BCUT2D eigenvalue weighted by Crippen LogP contribution is 2.23. The molecule has 0 spiro atoms. The van der Waals surface area contributed by atoms with Gasteiger partial charge in [0.05, 0.1) is 17.6 Å². The first-order valence-electron chi connectivity index (χ1n) is 8.26. The summed E-state index contributed by atoms with van der Waals surface area (Å²) >= 11 is 6.19. The van der Waals surface area contributed by atoms with Crippen LogP contribution in [0.2, 0.25) is 5.15 Å². The van der Waals surface area contributed by atoms with Crippen molar-refractivity contribution in [3.05, 3.63) is 16.7 Å². The Kier molecular flexibility index (Phi) is 6.66. The molecule has 0 unspecified atom stereocenters. The van der Waals surface area contributed by atoms with Gasteiger partial charge in [0.1, 0.15) is 5.82 Å². The van der Waals surface area contributed by atoms with Gasteiger partial charge >= 0.3 is 0 Å². The number of hydrogen-bond donors (Lipinski definition) is 2. The van der Waals surface area contributed by atoms with Gasteiger partial charge in [-0.25, -0.2) is 17.7 Å². The van der Waals surface area contributed by atoms with E-state index in [1.165, 1.54) is 18.4 Å². The van der Waals surface area contributed by atoms with Crippen molar-refractivity contribution < 1.29 is 13.5 Å². The summed E-state index contributed by atoms with van der Waals surface area (Å²) < 4.78 is 25.2. The number of aliphatic hydroxyl groups excluding tert-OH is 1. The quantitative estimate of drug-likeness (QED) is 0.706. The lowest BCUT2D eigenvalue weighted by Crippen LogP contribution is -2.33. The molecule has 0 bridgehead atoms. The number of sulfonamides is 1. The summed E-state index contributed by atoms with van der Waals surface area (Å²) in [5.74, 6) is 0.540. The Balaban J connectivity index is 1.96. The van der Waals surface area contributed by atoms with Crippen LogP contribution in [0.1, 0.15) is 31.3 Å². The molecule has 1 aliphatic heterocycles. The van der Waals surface area contributed by atoms with Crippen molar-refractivity contribution in [3.8, 4) is 0 Å². The van der Waals surface area contributed by atoms with Gasteiger partial charge in [-0.3, -0.25) is 4.90 Å². The Morgan fingerprint density at radius 1 is 1.42 bits per heavy atom. The minimum absolute atomic E-state index is 0.0455. The van der Waals surface area contributed by atoms with Gasteiger partial charge in [0.25, 0.3) is 0 Å². The fourth-order valence-electron chi connectivity index (χ4n) is 2.88. The third-order valence-electron chi connectivity index (χ3n) is 4.39. The first kappa shape index (κ1) is 19.7. The molecule has 1 fully saturated rings. The number of nitrogens with one attached hydrogen (secondary N) is 1. The van der Waals surface area contributed by atoms with E-state index >= 15 is 0 Å². The van der Waals surface area contributed by atoms with Crippen LogP contribution in [0.3, 0.4) is 0 Å². The van der Waals surface area contributed by atoms with E-state index in [4.69, 9.17) is 11.6 Å². The zero-order valence-electron chi connectivity index (χ0n) is 14.5. The maximum Gasteiger partial charge on any atom is 0.214 e. The predicted octanol–water partition coefficient (Wildman–Crippen LogP) is 1.09. The number of H-pyrrole nitrogens is 1. The summed E-state index contributed by atoms with van der Waals surface area (Å²) in [6.07, 6.45) is 2.35. The van der Waals surface area contributed by atoms with E-state index in [2.05, 4.69) is 16.9 Å². The highest BCUT2D eigenvalue weighted by Gasteiger charge is 2.35. The van der Waals surface area contributed by atoms with Crippen LogP contribution in [-0.2, 0) is 23.0 Å². The molecular formula is C15H27ClN4O3S. The smallest absolute Gasteiger partial charge is 0.214 e. The molecule has 1 saturated heterocycles. The Hall–Kier alpha value is -0.670. The lowest BCUT2D eigenvalue weighted by molar-refractivity contribution is 0.148. The fourth-order valence-corrected chi connectivity index (χ4v) is 4.26. The summed E-state index contributed by atoms with van der Waals surface area (Å²) in [7, 11) is -0.304. The lowest BCUT2D eigenvalue weighted by Gasteiger charge is -2.17. The van der Waals surface area contributed by atoms with Crippen molar-refractivity contribution in [1.29, 1.82) is 0 Å². The summed E-state index contributed by atoms with van der Waals surface area (Å²) in [6.45, 7) is 3.62. The third-order valence-corrected chi connectivity index (χ3v) is 6.66. The topological polar surface area (TPSA) is 89.5 Å². The van der Waals surface area contributed by atoms with Crippen molar-refractivity contribution in [2.75, 3.05) is 32.9 Å². The maximum absolute atomic E-state index is 12.0. The highest BCUT2D eigenvalue weighted by atomic mass is 35.5. The molecule has 0 amide bonds. The van der Waals surface area contributed by atoms with Crippen LogP contribution in [0.5, 0.6) is 0 Å². The molecule has 9 heteroatoms. The van der Waals surface area contributed by atoms with Crippen molar-refractivity contribution in [3.63, 3.8) is 0 Å². The van der Waals surface area contributed by atoms with Crippen molar-refractivity contribution >= 4 is 21.6 Å². The maximum atomic E-state index is 12.0. The highest BCUT2D eigenvalue weighted by molar-refractivity contribution is 7.89. The largest absolute Gasteiger partial charge is 0.391 e. The Morgan fingerprint density at radius 3 is 2.75 bits per heavy atom. The first-order chi connectivity index (χ1) is 11.2. The zero-order chi connectivity index (χ0) is 17.9. The number of likely N-dealkylation sites (tertiary alicyclic amines) is 1. The number of β-amino-alcohol motifs (C(OH)–C–C–N with tert-alkyl or cyclic N) is 1.